The summed E-state index contributed by atoms with van der Waals surface area (Å²) >= 11 is 1.54. The number of benzene rings is 1. The highest BCUT2D eigenvalue weighted by atomic mass is 32.1. The van der Waals surface area contributed by atoms with E-state index in [1.165, 1.54) is 11.3 Å². The van der Waals surface area contributed by atoms with Gasteiger partial charge in [-0.3, -0.25) is 0 Å². The molecule has 0 radical (unpaired) electrons. The Bertz CT molecular complexity index is 644. The summed E-state index contributed by atoms with van der Waals surface area (Å²) in [5, 5.41) is 6.04. The lowest BCUT2D eigenvalue weighted by Crippen LogP contribution is -1.89. The molecule has 1 aromatic carbocycles. The number of methoxy groups -OCH3 is 1. The minimum absolute atomic E-state index is 0.777. The Kier molecular flexibility index (Phi) is 3.20. The maximum atomic E-state index is 5.31. The first-order valence-electron chi connectivity index (χ1n) is 5.75. The molecule has 2 aromatic heterocycles. The molecule has 3 aromatic rings. The molecule has 5 heteroatoms. The summed E-state index contributed by atoms with van der Waals surface area (Å²) in [6, 6.07) is 11.5. The van der Waals surface area contributed by atoms with Crippen LogP contribution in [0.2, 0.25) is 0 Å². The highest BCUT2D eigenvalue weighted by Gasteiger charge is 2.06. The molecule has 0 aliphatic rings. The van der Waals surface area contributed by atoms with E-state index in [2.05, 4.69) is 10.3 Å². The summed E-state index contributed by atoms with van der Waals surface area (Å²) < 4.78 is 10.4. The van der Waals surface area contributed by atoms with Crippen molar-refractivity contribution in [2.45, 2.75) is 0 Å². The van der Waals surface area contributed by atoms with Crippen LogP contribution in [0.15, 0.2) is 52.5 Å². The fourth-order valence-corrected chi connectivity index (χ4v) is 2.39. The van der Waals surface area contributed by atoms with Crippen LogP contribution in [-0.4, -0.2) is 12.1 Å². The van der Waals surface area contributed by atoms with Crippen LogP contribution in [0, 0.1) is 0 Å². The van der Waals surface area contributed by atoms with Crippen LogP contribution in [0.25, 0.3) is 11.5 Å². The number of aromatic nitrogens is 1. The number of anilines is 2. The second kappa shape index (κ2) is 5.16. The maximum absolute atomic E-state index is 5.31. The van der Waals surface area contributed by atoms with E-state index in [9.17, 15) is 0 Å². The first-order valence-corrected chi connectivity index (χ1v) is 6.63. The zero-order valence-corrected chi connectivity index (χ0v) is 11.1. The monoisotopic (exact) mass is 272 g/mol. The summed E-state index contributed by atoms with van der Waals surface area (Å²) in [4.78, 5) is 4.47. The van der Waals surface area contributed by atoms with E-state index in [0.717, 1.165) is 28.0 Å². The van der Waals surface area contributed by atoms with Gasteiger partial charge in [0.15, 0.2) is 10.9 Å². The van der Waals surface area contributed by atoms with Crippen molar-refractivity contribution in [3.63, 3.8) is 0 Å². The molecule has 3 rings (SSSR count). The smallest absolute Gasteiger partial charge is 0.187 e. The van der Waals surface area contributed by atoms with Crippen LogP contribution in [0.1, 0.15) is 0 Å². The predicted octanol–water partition coefficient (Wildman–Crippen LogP) is 4.16. The van der Waals surface area contributed by atoms with Gasteiger partial charge in [0.1, 0.15) is 11.4 Å². The number of nitrogens with zero attached hydrogens (tertiary/aromatic N) is 1. The largest absolute Gasteiger partial charge is 0.497 e. The zero-order valence-electron chi connectivity index (χ0n) is 10.3. The summed E-state index contributed by atoms with van der Waals surface area (Å²) in [6.07, 6.45) is 1.64. The van der Waals surface area contributed by atoms with Crippen molar-refractivity contribution in [3.05, 3.63) is 48.0 Å². The van der Waals surface area contributed by atoms with Crippen molar-refractivity contribution in [3.8, 4) is 17.2 Å². The average molecular weight is 272 g/mol. The fourth-order valence-electron chi connectivity index (χ4n) is 1.67. The molecule has 0 fully saturated rings. The lowest BCUT2D eigenvalue weighted by atomic mass is 10.3. The van der Waals surface area contributed by atoms with Gasteiger partial charge < -0.3 is 14.5 Å². The Balaban J connectivity index is 1.76. The van der Waals surface area contributed by atoms with Gasteiger partial charge in [0.05, 0.1) is 13.4 Å². The summed E-state index contributed by atoms with van der Waals surface area (Å²) in [7, 11) is 1.65. The average Bonchev–Trinajstić information content (AvgIpc) is 3.10. The molecule has 4 nitrogen and oxygen atoms in total. The van der Waals surface area contributed by atoms with Crippen molar-refractivity contribution in [1.29, 1.82) is 0 Å². The van der Waals surface area contributed by atoms with Crippen molar-refractivity contribution >= 4 is 22.2 Å². The van der Waals surface area contributed by atoms with Gasteiger partial charge in [0.25, 0.3) is 0 Å². The molecule has 0 saturated carbocycles. The Morgan fingerprint density at radius 2 is 2.05 bits per heavy atom. The summed E-state index contributed by atoms with van der Waals surface area (Å²) in [6.45, 7) is 0. The number of rotatable bonds is 4. The van der Waals surface area contributed by atoms with Crippen LogP contribution in [0.3, 0.4) is 0 Å². The van der Waals surface area contributed by atoms with Crippen LogP contribution in [-0.2, 0) is 0 Å². The van der Waals surface area contributed by atoms with Gasteiger partial charge in [-0.1, -0.05) is 0 Å². The van der Waals surface area contributed by atoms with Crippen LogP contribution >= 0.6 is 11.3 Å². The molecule has 0 spiro atoms. The van der Waals surface area contributed by atoms with E-state index in [4.69, 9.17) is 9.15 Å². The SMILES string of the molecule is COc1ccc(Nc2nc(-c3ccco3)cs2)cc1. The maximum Gasteiger partial charge on any atom is 0.187 e. The molecule has 0 aliphatic carbocycles. The molecule has 19 heavy (non-hydrogen) atoms. The number of furan rings is 1. The molecule has 1 N–H and O–H groups in total. The topological polar surface area (TPSA) is 47.3 Å². The second-order valence-electron chi connectivity index (χ2n) is 3.87. The van der Waals surface area contributed by atoms with E-state index < -0.39 is 0 Å². The third-order valence-electron chi connectivity index (χ3n) is 2.62. The molecule has 2 heterocycles. The first kappa shape index (κ1) is 11.8. The fraction of sp³-hybridized carbons (Fsp3) is 0.0714. The van der Waals surface area contributed by atoms with Gasteiger partial charge in [0.2, 0.25) is 0 Å². The Labute approximate surface area is 114 Å². The molecule has 0 amide bonds. The Morgan fingerprint density at radius 3 is 2.74 bits per heavy atom. The van der Waals surface area contributed by atoms with Gasteiger partial charge >= 0.3 is 0 Å². The summed E-state index contributed by atoms with van der Waals surface area (Å²) in [5.41, 5.74) is 1.81. The summed E-state index contributed by atoms with van der Waals surface area (Å²) in [5.74, 6) is 1.61. The van der Waals surface area contributed by atoms with Gasteiger partial charge in [-0.05, 0) is 36.4 Å². The highest BCUT2D eigenvalue weighted by Crippen LogP contribution is 2.27. The standard InChI is InChI=1S/C14H12N2O2S/c1-17-11-6-4-10(5-7-11)15-14-16-12(9-19-14)13-3-2-8-18-13/h2-9H,1H3,(H,15,16). The van der Waals surface area contributed by atoms with Crippen LogP contribution in [0.4, 0.5) is 10.8 Å². The highest BCUT2D eigenvalue weighted by molar-refractivity contribution is 7.14. The number of thiazole rings is 1. The normalized spacial score (nSPS) is 10.4. The number of ether oxygens (including phenoxy) is 1. The first-order chi connectivity index (χ1) is 9.35. The van der Waals surface area contributed by atoms with E-state index >= 15 is 0 Å². The van der Waals surface area contributed by atoms with E-state index in [1.54, 1.807) is 13.4 Å². The van der Waals surface area contributed by atoms with Crippen LogP contribution in [0.5, 0.6) is 5.75 Å². The molecular formula is C14H12N2O2S. The number of hydrogen-bond acceptors (Lipinski definition) is 5. The lowest BCUT2D eigenvalue weighted by Gasteiger charge is -2.03. The predicted molar refractivity (Wildman–Crippen MR) is 76.1 cm³/mol. The minimum Gasteiger partial charge on any atom is -0.497 e. The van der Waals surface area contributed by atoms with Gasteiger partial charge in [-0.15, -0.1) is 11.3 Å². The lowest BCUT2D eigenvalue weighted by molar-refractivity contribution is 0.415. The molecule has 96 valence electrons. The van der Waals surface area contributed by atoms with Crippen molar-refractivity contribution in [2.24, 2.45) is 0 Å². The third-order valence-corrected chi connectivity index (χ3v) is 3.38. The van der Waals surface area contributed by atoms with E-state index in [-0.39, 0.29) is 0 Å². The molecule has 0 unspecified atom stereocenters. The second-order valence-corrected chi connectivity index (χ2v) is 4.73. The molecule has 0 bridgehead atoms. The number of hydrogen-bond donors (Lipinski definition) is 1. The molecular weight excluding hydrogens is 260 g/mol. The zero-order chi connectivity index (χ0) is 13.1. The van der Waals surface area contributed by atoms with E-state index in [1.807, 2.05) is 41.8 Å². The minimum atomic E-state index is 0.777. The molecule has 0 atom stereocenters. The van der Waals surface area contributed by atoms with Crippen molar-refractivity contribution in [1.82, 2.24) is 4.98 Å². The van der Waals surface area contributed by atoms with Crippen molar-refractivity contribution in [2.75, 3.05) is 12.4 Å². The molecule has 0 saturated heterocycles. The van der Waals surface area contributed by atoms with Gasteiger partial charge in [-0.25, -0.2) is 4.98 Å². The van der Waals surface area contributed by atoms with Gasteiger partial charge in [-0.2, -0.15) is 0 Å². The van der Waals surface area contributed by atoms with E-state index in [0.29, 0.717) is 0 Å². The van der Waals surface area contributed by atoms with Crippen LogP contribution < -0.4 is 10.1 Å². The quantitative estimate of drug-likeness (QED) is 0.774. The number of nitrogens with one attached hydrogen (secondary N) is 1. The van der Waals surface area contributed by atoms with Crippen molar-refractivity contribution < 1.29 is 9.15 Å². The third kappa shape index (κ3) is 2.61. The van der Waals surface area contributed by atoms with Gasteiger partial charge in [0, 0.05) is 11.1 Å². The molecule has 0 aliphatic heterocycles. The Hall–Kier alpha value is -2.27. The Morgan fingerprint density at radius 1 is 1.21 bits per heavy atom.